The molecule has 4 aromatic rings. The fourth-order valence-corrected chi connectivity index (χ4v) is 3.84. The van der Waals surface area contributed by atoms with Crippen LogP contribution in [0.25, 0.3) is 0 Å². The van der Waals surface area contributed by atoms with Gasteiger partial charge < -0.3 is 14.6 Å². The van der Waals surface area contributed by atoms with Gasteiger partial charge in [0.2, 0.25) is 0 Å². The number of nitrogens with zero attached hydrogens (tertiary/aromatic N) is 3. The third-order valence-corrected chi connectivity index (χ3v) is 5.43. The highest BCUT2D eigenvalue weighted by Crippen LogP contribution is 2.29. The van der Waals surface area contributed by atoms with Crippen LogP contribution in [0.15, 0.2) is 77.6 Å². The average Bonchev–Trinajstić information content (AvgIpc) is 3.21. The van der Waals surface area contributed by atoms with E-state index in [1.54, 1.807) is 12.3 Å². The molecule has 0 spiro atoms. The summed E-state index contributed by atoms with van der Waals surface area (Å²) in [5.74, 6) is 2.07. The average molecular weight is 430 g/mol. The van der Waals surface area contributed by atoms with Gasteiger partial charge in [-0.05, 0) is 42.0 Å². The summed E-state index contributed by atoms with van der Waals surface area (Å²) >= 11 is 0. The van der Waals surface area contributed by atoms with Crippen LogP contribution in [0.5, 0.6) is 5.75 Å². The number of hydrogen-bond donors (Lipinski definition) is 1. The molecule has 3 heterocycles. The third-order valence-electron chi connectivity index (χ3n) is 5.43. The maximum Gasteiger partial charge on any atom is 0.178 e. The molecule has 0 saturated carbocycles. The Morgan fingerprint density at radius 1 is 1.06 bits per heavy atom. The molecule has 5 rings (SSSR count). The van der Waals surface area contributed by atoms with Gasteiger partial charge in [-0.2, -0.15) is 0 Å². The van der Waals surface area contributed by atoms with Gasteiger partial charge in [-0.25, -0.2) is 4.39 Å². The molecule has 0 fully saturated rings. The number of pyridine rings is 1. The quantitative estimate of drug-likeness (QED) is 0.441. The molecule has 0 atom stereocenters. The maximum absolute atomic E-state index is 13.5. The Bertz CT molecular complexity index is 1200. The lowest BCUT2D eigenvalue weighted by molar-refractivity contribution is 0.228. The van der Waals surface area contributed by atoms with E-state index >= 15 is 0 Å². The van der Waals surface area contributed by atoms with Gasteiger partial charge in [0.05, 0.1) is 5.56 Å². The summed E-state index contributed by atoms with van der Waals surface area (Å²) in [4.78, 5) is 6.46. The number of benzene rings is 2. The van der Waals surface area contributed by atoms with Crippen LogP contribution in [0.4, 0.5) is 15.9 Å². The number of hydrogen-bond acceptors (Lipinski definition) is 6. The van der Waals surface area contributed by atoms with Gasteiger partial charge in [0, 0.05) is 49.7 Å². The Morgan fingerprint density at radius 2 is 1.97 bits per heavy atom. The lowest BCUT2D eigenvalue weighted by Crippen LogP contribution is -2.29. The fourth-order valence-electron chi connectivity index (χ4n) is 3.84. The normalized spacial score (nSPS) is 13.5. The van der Waals surface area contributed by atoms with E-state index < -0.39 is 0 Å². The second kappa shape index (κ2) is 9.20. The highest BCUT2D eigenvalue weighted by atomic mass is 19.1. The summed E-state index contributed by atoms with van der Waals surface area (Å²) in [6.07, 6.45) is 4.34. The molecule has 162 valence electrons. The Balaban J connectivity index is 1.24. The third kappa shape index (κ3) is 4.78. The molecular weight excluding hydrogens is 407 g/mol. The van der Waals surface area contributed by atoms with Crippen LogP contribution in [0.3, 0.4) is 0 Å². The first kappa shape index (κ1) is 20.2. The first-order valence-electron chi connectivity index (χ1n) is 10.6. The van der Waals surface area contributed by atoms with Gasteiger partial charge in [-0.1, -0.05) is 29.4 Å². The van der Waals surface area contributed by atoms with Gasteiger partial charge >= 0.3 is 0 Å². The topological polar surface area (TPSA) is 63.4 Å². The molecule has 7 heteroatoms. The van der Waals surface area contributed by atoms with Crippen LogP contribution in [-0.2, 0) is 26.1 Å². The molecule has 2 aromatic heterocycles. The van der Waals surface area contributed by atoms with E-state index in [4.69, 9.17) is 9.26 Å². The van der Waals surface area contributed by atoms with Crippen LogP contribution in [0.1, 0.15) is 22.5 Å². The summed E-state index contributed by atoms with van der Waals surface area (Å²) < 4.78 is 25.0. The SMILES string of the molecule is Fc1cccc(Nc2noc3c2CN(Cc2cccc(OCc4cccnc4)c2)CC3)c1. The maximum atomic E-state index is 13.5. The number of ether oxygens (including phenoxy) is 1. The summed E-state index contributed by atoms with van der Waals surface area (Å²) in [5, 5.41) is 7.35. The van der Waals surface area contributed by atoms with Crippen LogP contribution < -0.4 is 10.1 Å². The number of halogens is 1. The Kier molecular flexibility index (Phi) is 5.81. The van der Waals surface area contributed by atoms with Gasteiger partial charge in [0.25, 0.3) is 0 Å². The van der Waals surface area contributed by atoms with Crippen molar-refractivity contribution >= 4 is 11.5 Å². The van der Waals surface area contributed by atoms with Gasteiger partial charge in [-0.3, -0.25) is 9.88 Å². The first-order valence-corrected chi connectivity index (χ1v) is 10.6. The van der Waals surface area contributed by atoms with E-state index in [1.807, 2.05) is 36.5 Å². The van der Waals surface area contributed by atoms with E-state index in [9.17, 15) is 4.39 Å². The lowest BCUT2D eigenvalue weighted by atomic mass is 10.1. The minimum atomic E-state index is -0.292. The molecule has 32 heavy (non-hydrogen) atoms. The number of aromatic nitrogens is 2. The van der Waals surface area contributed by atoms with E-state index in [0.29, 0.717) is 24.7 Å². The van der Waals surface area contributed by atoms with E-state index in [2.05, 4.69) is 32.5 Å². The second-order valence-electron chi connectivity index (χ2n) is 7.83. The van der Waals surface area contributed by atoms with E-state index in [0.717, 1.165) is 42.1 Å². The summed E-state index contributed by atoms with van der Waals surface area (Å²) in [6, 6.07) is 18.4. The molecule has 1 aliphatic rings. The minimum Gasteiger partial charge on any atom is -0.489 e. The molecule has 1 aliphatic heterocycles. The molecule has 0 radical (unpaired) electrons. The van der Waals surface area contributed by atoms with Crippen LogP contribution in [0.2, 0.25) is 0 Å². The Morgan fingerprint density at radius 3 is 2.84 bits per heavy atom. The van der Waals surface area contributed by atoms with Crippen molar-refractivity contribution in [3.63, 3.8) is 0 Å². The zero-order valence-corrected chi connectivity index (χ0v) is 17.5. The number of fused-ring (bicyclic) bond motifs is 1. The number of anilines is 2. The highest BCUT2D eigenvalue weighted by Gasteiger charge is 2.24. The van der Waals surface area contributed by atoms with Crippen LogP contribution >= 0.6 is 0 Å². The molecular formula is C25H23FN4O2. The lowest BCUT2D eigenvalue weighted by Gasteiger charge is -2.26. The standard InChI is InChI=1S/C25H23FN4O2/c26-20-6-2-7-21(13-20)28-25-23-16-30(11-9-24(23)32-29-25)15-18-4-1-8-22(12-18)31-17-19-5-3-10-27-14-19/h1-8,10,12-14H,9,11,15-17H2,(H,28,29). The van der Waals surface area contributed by atoms with Crippen molar-refractivity contribution in [2.75, 3.05) is 11.9 Å². The Labute approximate surface area is 185 Å². The van der Waals surface area contributed by atoms with Gasteiger partial charge in [0.1, 0.15) is 23.9 Å². The molecule has 0 amide bonds. The summed E-state index contributed by atoms with van der Waals surface area (Å²) in [6.45, 7) is 2.86. The predicted molar refractivity (Wildman–Crippen MR) is 119 cm³/mol. The fraction of sp³-hybridized carbons (Fsp3) is 0.200. The largest absolute Gasteiger partial charge is 0.489 e. The molecule has 0 saturated heterocycles. The van der Waals surface area contributed by atoms with Crippen molar-refractivity contribution < 1.29 is 13.7 Å². The summed E-state index contributed by atoms with van der Waals surface area (Å²) in [5.41, 5.74) is 3.88. The molecule has 0 unspecified atom stereocenters. The highest BCUT2D eigenvalue weighted by molar-refractivity contribution is 5.60. The molecule has 0 bridgehead atoms. The smallest absolute Gasteiger partial charge is 0.178 e. The minimum absolute atomic E-state index is 0.292. The number of nitrogens with one attached hydrogen (secondary N) is 1. The van der Waals surface area contributed by atoms with Gasteiger partial charge in [0.15, 0.2) is 5.82 Å². The molecule has 2 aromatic carbocycles. The number of rotatable bonds is 7. The van der Waals surface area contributed by atoms with Crippen molar-refractivity contribution in [3.05, 3.63) is 101 Å². The second-order valence-corrected chi connectivity index (χ2v) is 7.83. The molecule has 6 nitrogen and oxygen atoms in total. The molecule has 1 N–H and O–H groups in total. The Hall–Kier alpha value is -3.71. The van der Waals surface area contributed by atoms with Crippen LogP contribution in [0, 0.1) is 5.82 Å². The van der Waals surface area contributed by atoms with Crippen LogP contribution in [-0.4, -0.2) is 21.6 Å². The summed E-state index contributed by atoms with van der Waals surface area (Å²) in [7, 11) is 0. The van der Waals surface area contributed by atoms with E-state index in [1.165, 1.54) is 17.7 Å². The zero-order valence-electron chi connectivity index (χ0n) is 17.5. The monoisotopic (exact) mass is 430 g/mol. The van der Waals surface area contributed by atoms with Crippen molar-refractivity contribution in [1.29, 1.82) is 0 Å². The van der Waals surface area contributed by atoms with E-state index in [-0.39, 0.29) is 5.82 Å². The first-order chi connectivity index (χ1) is 15.7. The zero-order chi connectivity index (χ0) is 21.8. The van der Waals surface area contributed by atoms with Crippen molar-refractivity contribution in [3.8, 4) is 5.75 Å². The van der Waals surface area contributed by atoms with Crippen molar-refractivity contribution in [2.45, 2.75) is 26.1 Å². The molecule has 0 aliphatic carbocycles. The van der Waals surface area contributed by atoms with Gasteiger partial charge in [-0.15, -0.1) is 0 Å². The predicted octanol–water partition coefficient (Wildman–Crippen LogP) is 5.09. The van der Waals surface area contributed by atoms with Crippen molar-refractivity contribution in [1.82, 2.24) is 15.0 Å². The van der Waals surface area contributed by atoms with Crippen molar-refractivity contribution in [2.24, 2.45) is 0 Å².